The number of nitrogens with zero attached hydrogens (tertiary/aromatic N) is 2. The molecule has 1 unspecified atom stereocenters. The smallest absolute Gasteiger partial charge is 0.410 e. The number of cyclic esters (lactones) is 1. The summed E-state index contributed by atoms with van der Waals surface area (Å²) in [6.07, 6.45) is 0.822. The Morgan fingerprint density at radius 1 is 0.974 bits per heavy atom. The summed E-state index contributed by atoms with van der Waals surface area (Å²) in [6.45, 7) is 9.39. The van der Waals surface area contributed by atoms with E-state index < -0.39 is 17.2 Å². The third kappa shape index (κ3) is 7.34. The molecule has 0 N–H and O–H groups in total. The predicted octanol–water partition coefficient (Wildman–Crippen LogP) is 4.35. The Balaban J connectivity index is 1.39. The molecule has 2 aliphatic rings. The number of ketones is 1. The van der Waals surface area contributed by atoms with E-state index in [1.807, 2.05) is 75.4 Å². The van der Waals surface area contributed by atoms with Gasteiger partial charge in [-0.1, -0.05) is 48.5 Å². The SMILES string of the molecule is CC(C)(C)OC(=O)N1CCN(CCOc2ccccc2C2(CCc3ccccc3)CC(=O)CC(=O)O2)CC1. The molecule has 2 aliphatic heterocycles. The van der Waals surface area contributed by atoms with Crippen LogP contribution in [-0.2, 0) is 31.1 Å². The molecule has 0 bridgehead atoms. The number of rotatable bonds is 8. The lowest BCUT2D eigenvalue weighted by molar-refractivity contribution is -0.173. The van der Waals surface area contributed by atoms with E-state index in [9.17, 15) is 14.4 Å². The molecule has 2 heterocycles. The molecule has 38 heavy (non-hydrogen) atoms. The summed E-state index contributed by atoms with van der Waals surface area (Å²) in [6, 6.07) is 17.5. The van der Waals surface area contributed by atoms with Gasteiger partial charge in [-0.25, -0.2) is 4.79 Å². The lowest BCUT2D eigenvalue weighted by atomic mass is 9.80. The van der Waals surface area contributed by atoms with Crippen molar-refractivity contribution in [1.82, 2.24) is 9.80 Å². The second kappa shape index (κ2) is 12.0. The molecule has 0 aliphatic carbocycles. The van der Waals surface area contributed by atoms with Gasteiger partial charge in [-0.2, -0.15) is 0 Å². The van der Waals surface area contributed by atoms with E-state index in [1.54, 1.807) is 4.90 Å². The molecule has 4 rings (SSSR count). The molecule has 204 valence electrons. The Morgan fingerprint density at radius 2 is 1.66 bits per heavy atom. The Labute approximate surface area is 224 Å². The van der Waals surface area contributed by atoms with Gasteiger partial charge in [0.25, 0.3) is 0 Å². The van der Waals surface area contributed by atoms with Crippen molar-refractivity contribution >= 4 is 17.8 Å². The lowest BCUT2D eigenvalue weighted by Crippen LogP contribution is -2.50. The van der Waals surface area contributed by atoms with Crippen molar-refractivity contribution in [3.05, 3.63) is 65.7 Å². The number of amides is 1. The number of hydrogen-bond acceptors (Lipinski definition) is 7. The van der Waals surface area contributed by atoms with Crippen LogP contribution in [0.15, 0.2) is 54.6 Å². The maximum atomic E-state index is 12.6. The van der Waals surface area contributed by atoms with Gasteiger partial charge < -0.3 is 19.1 Å². The molecule has 0 radical (unpaired) electrons. The summed E-state index contributed by atoms with van der Waals surface area (Å²) in [5, 5.41) is 0. The molecule has 0 saturated carbocycles. The topological polar surface area (TPSA) is 85.4 Å². The number of carbonyl (C=O) groups is 3. The quantitative estimate of drug-likeness (QED) is 0.376. The number of carbonyl (C=O) groups excluding carboxylic acids is 3. The van der Waals surface area contributed by atoms with E-state index in [4.69, 9.17) is 14.2 Å². The van der Waals surface area contributed by atoms with Gasteiger partial charge in [0.15, 0.2) is 0 Å². The minimum absolute atomic E-state index is 0.119. The Morgan fingerprint density at radius 3 is 2.34 bits per heavy atom. The first-order chi connectivity index (χ1) is 18.1. The maximum Gasteiger partial charge on any atom is 0.410 e. The maximum absolute atomic E-state index is 12.6. The number of piperazine rings is 1. The molecule has 8 heteroatoms. The average Bonchev–Trinajstić information content (AvgIpc) is 2.87. The fourth-order valence-corrected chi connectivity index (χ4v) is 4.98. The second-order valence-electron chi connectivity index (χ2n) is 11.0. The van der Waals surface area contributed by atoms with E-state index in [-0.39, 0.29) is 24.7 Å². The summed E-state index contributed by atoms with van der Waals surface area (Å²) in [7, 11) is 0. The Bertz CT molecular complexity index is 1100. The van der Waals surface area contributed by atoms with E-state index in [0.717, 1.165) is 24.2 Å². The van der Waals surface area contributed by atoms with Gasteiger partial charge >= 0.3 is 12.1 Å². The molecule has 0 spiro atoms. The van der Waals surface area contributed by atoms with Crippen LogP contribution in [0.2, 0.25) is 0 Å². The Kier molecular flexibility index (Phi) is 8.72. The standard InChI is InChI=1S/C30H38N2O6/c1-29(2,3)38-28(35)32-17-15-31(16-18-32)19-20-36-26-12-8-7-11-25(26)30(22-24(33)21-27(34)37-30)14-13-23-9-5-4-6-10-23/h4-12H,13-22H2,1-3H3. The summed E-state index contributed by atoms with van der Waals surface area (Å²) in [5.41, 5.74) is 0.278. The van der Waals surface area contributed by atoms with Crippen LogP contribution in [0.5, 0.6) is 5.75 Å². The first kappa shape index (κ1) is 27.6. The minimum Gasteiger partial charge on any atom is -0.492 e. The molecule has 1 amide bonds. The molecule has 2 fully saturated rings. The van der Waals surface area contributed by atoms with Crippen LogP contribution in [0.4, 0.5) is 4.79 Å². The summed E-state index contributed by atoms with van der Waals surface area (Å²) < 4.78 is 17.7. The number of hydrogen-bond donors (Lipinski definition) is 0. The van der Waals surface area contributed by atoms with Crippen LogP contribution in [0, 0.1) is 0 Å². The number of benzene rings is 2. The summed E-state index contributed by atoms with van der Waals surface area (Å²) in [5.74, 6) is 0.00870. The van der Waals surface area contributed by atoms with E-state index in [1.165, 1.54) is 0 Å². The highest BCUT2D eigenvalue weighted by Crippen LogP contribution is 2.42. The summed E-state index contributed by atoms with van der Waals surface area (Å²) >= 11 is 0. The predicted molar refractivity (Wildman–Crippen MR) is 143 cm³/mol. The monoisotopic (exact) mass is 522 g/mol. The average molecular weight is 523 g/mol. The zero-order valence-corrected chi connectivity index (χ0v) is 22.6. The number of Topliss-reactive ketones (excluding diaryl/α,β-unsaturated/α-hetero) is 1. The Hall–Kier alpha value is -3.39. The van der Waals surface area contributed by atoms with Crippen LogP contribution in [0.25, 0.3) is 0 Å². The highest BCUT2D eigenvalue weighted by atomic mass is 16.6. The van der Waals surface area contributed by atoms with Crippen molar-refractivity contribution in [2.24, 2.45) is 0 Å². The van der Waals surface area contributed by atoms with Crippen LogP contribution in [0.1, 0.15) is 51.2 Å². The van der Waals surface area contributed by atoms with Gasteiger partial charge in [0.2, 0.25) is 0 Å². The normalized spacial score (nSPS) is 20.7. The molecule has 2 aromatic rings. The van der Waals surface area contributed by atoms with Gasteiger partial charge in [0.1, 0.15) is 35.8 Å². The molecular weight excluding hydrogens is 484 g/mol. The van der Waals surface area contributed by atoms with Gasteiger partial charge in [0, 0.05) is 38.3 Å². The van der Waals surface area contributed by atoms with Gasteiger partial charge in [-0.05, 0) is 45.2 Å². The van der Waals surface area contributed by atoms with E-state index in [2.05, 4.69) is 4.90 Å². The van der Waals surface area contributed by atoms with Gasteiger partial charge in [-0.3, -0.25) is 14.5 Å². The van der Waals surface area contributed by atoms with Crippen molar-refractivity contribution in [3.8, 4) is 5.75 Å². The van der Waals surface area contributed by atoms with E-state index >= 15 is 0 Å². The lowest BCUT2D eigenvalue weighted by Gasteiger charge is -2.38. The zero-order valence-electron chi connectivity index (χ0n) is 22.6. The summed E-state index contributed by atoms with van der Waals surface area (Å²) in [4.78, 5) is 41.3. The highest BCUT2D eigenvalue weighted by Gasteiger charge is 2.44. The third-order valence-corrected chi connectivity index (χ3v) is 6.86. The number of ether oxygens (including phenoxy) is 3. The van der Waals surface area contributed by atoms with E-state index in [0.29, 0.717) is 44.8 Å². The van der Waals surface area contributed by atoms with Gasteiger partial charge in [0.05, 0.1) is 6.42 Å². The minimum atomic E-state index is -1.06. The molecule has 0 aromatic heterocycles. The number of esters is 1. The van der Waals surface area contributed by atoms with Crippen molar-refractivity contribution in [1.29, 1.82) is 0 Å². The first-order valence-electron chi connectivity index (χ1n) is 13.3. The van der Waals surface area contributed by atoms with Crippen molar-refractivity contribution < 1.29 is 28.6 Å². The van der Waals surface area contributed by atoms with Crippen LogP contribution in [-0.4, -0.2) is 72.6 Å². The van der Waals surface area contributed by atoms with Gasteiger partial charge in [-0.15, -0.1) is 0 Å². The van der Waals surface area contributed by atoms with Crippen LogP contribution < -0.4 is 4.74 Å². The van der Waals surface area contributed by atoms with Crippen LogP contribution in [0.3, 0.4) is 0 Å². The fraction of sp³-hybridized carbons (Fsp3) is 0.500. The number of aryl methyl sites for hydroxylation is 1. The van der Waals surface area contributed by atoms with Crippen molar-refractivity contribution in [3.63, 3.8) is 0 Å². The highest BCUT2D eigenvalue weighted by molar-refractivity contribution is 5.98. The molecule has 8 nitrogen and oxygen atoms in total. The fourth-order valence-electron chi connectivity index (χ4n) is 4.98. The molecule has 1 atom stereocenters. The third-order valence-electron chi connectivity index (χ3n) is 6.86. The van der Waals surface area contributed by atoms with Crippen molar-refractivity contribution in [2.45, 2.75) is 57.7 Å². The zero-order chi connectivity index (χ0) is 27.2. The number of para-hydroxylation sites is 1. The molecular formula is C30H38N2O6. The van der Waals surface area contributed by atoms with Crippen LogP contribution >= 0.6 is 0 Å². The molecule has 2 aromatic carbocycles. The largest absolute Gasteiger partial charge is 0.492 e. The first-order valence-corrected chi connectivity index (χ1v) is 13.3. The molecule has 2 saturated heterocycles. The van der Waals surface area contributed by atoms with Crippen molar-refractivity contribution in [2.75, 3.05) is 39.3 Å². The second-order valence-corrected chi connectivity index (χ2v) is 11.0.